The van der Waals surface area contributed by atoms with E-state index in [0.29, 0.717) is 39.7 Å². The predicted octanol–water partition coefficient (Wildman–Crippen LogP) is 3.72. The zero-order valence-electron chi connectivity index (χ0n) is 19.1. The van der Waals surface area contributed by atoms with Gasteiger partial charge in [-0.1, -0.05) is 11.6 Å². The van der Waals surface area contributed by atoms with Gasteiger partial charge in [-0.15, -0.1) is 0 Å². The van der Waals surface area contributed by atoms with Crippen molar-refractivity contribution in [1.82, 2.24) is 8.87 Å². The molecule has 1 aliphatic rings. The van der Waals surface area contributed by atoms with Crippen LogP contribution in [0.25, 0.3) is 21.8 Å². The molecule has 34 heavy (non-hydrogen) atoms. The molecule has 174 valence electrons. The smallest absolute Gasteiger partial charge is 0.340 e. The van der Waals surface area contributed by atoms with E-state index in [0.717, 1.165) is 9.54 Å². The maximum atomic E-state index is 14.0. The van der Waals surface area contributed by atoms with Gasteiger partial charge in [0.05, 0.1) is 41.3 Å². The molecule has 0 spiro atoms. The molecule has 0 N–H and O–H groups in total. The average Bonchev–Trinajstić information content (AvgIpc) is 3.31. The van der Waals surface area contributed by atoms with Gasteiger partial charge in [0.15, 0.2) is 0 Å². The van der Waals surface area contributed by atoms with Gasteiger partial charge in [0.1, 0.15) is 5.75 Å². The first-order valence-corrected chi connectivity index (χ1v) is 12.0. The van der Waals surface area contributed by atoms with Crippen LogP contribution >= 0.6 is 0 Å². The lowest BCUT2D eigenvalue weighted by Gasteiger charge is -2.13. The van der Waals surface area contributed by atoms with Crippen LogP contribution in [0.4, 0.5) is 0 Å². The molecule has 2 heterocycles. The van der Waals surface area contributed by atoms with Crippen molar-refractivity contribution in [1.29, 1.82) is 0 Å². The molecule has 0 radical (unpaired) electrons. The molecule has 9 heteroatoms. The number of carbonyl (C=O) groups excluding carboxylic acids is 2. The van der Waals surface area contributed by atoms with Gasteiger partial charge >= 0.3 is 5.97 Å². The highest BCUT2D eigenvalue weighted by molar-refractivity contribution is 7.90. The Balaban J connectivity index is 1.99. The first-order valence-electron chi connectivity index (χ1n) is 10.5. The Hall–Kier alpha value is -3.85. The second-order valence-corrected chi connectivity index (χ2v) is 10.1. The molecule has 8 nitrogen and oxygen atoms in total. The molecule has 0 atom stereocenters. The zero-order chi connectivity index (χ0) is 24.4. The number of rotatable bonds is 4. The maximum absolute atomic E-state index is 14.0. The van der Waals surface area contributed by atoms with Crippen LogP contribution in [-0.4, -0.2) is 50.4 Å². The van der Waals surface area contributed by atoms with Crippen molar-refractivity contribution >= 4 is 43.7 Å². The summed E-state index contributed by atoms with van der Waals surface area (Å²) in [7, 11) is 0.240. The third kappa shape index (κ3) is 3.00. The Bertz CT molecular complexity index is 1620. The first-order chi connectivity index (χ1) is 16.2. The standard InChI is InChI=1S/C25H22N2O6S/c1-14-5-10-20-18(11-14)22-21-15(13-26(2)24(21)28)12-19(25(29)33-4)23(22)27(20)34(30,31)17-8-6-16(32-3)7-9-17/h5-12H,13H2,1-4H3. The lowest BCUT2D eigenvalue weighted by molar-refractivity contribution is 0.0602. The summed E-state index contributed by atoms with van der Waals surface area (Å²) in [4.78, 5) is 27.6. The monoisotopic (exact) mass is 478 g/mol. The van der Waals surface area contributed by atoms with Gasteiger partial charge in [-0.2, -0.15) is 0 Å². The Labute approximate surface area is 196 Å². The molecule has 0 aliphatic carbocycles. The van der Waals surface area contributed by atoms with Crippen molar-refractivity contribution in [3.05, 3.63) is 70.8 Å². The number of fused-ring (bicyclic) bond motifs is 5. The molecule has 0 saturated heterocycles. The highest BCUT2D eigenvalue weighted by Crippen LogP contribution is 2.41. The fourth-order valence-electron chi connectivity index (χ4n) is 4.60. The van der Waals surface area contributed by atoms with Crippen molar-refractivity contribution in [2.45, 2.75) is 18.4 Å². The van der Waals surface area contributed by atoms with Gasteiger partial charge in [-0.3, -0.25) is 4.79 Å². The number of aromatic nitrogens is 1. The summed E-state index contributed by atoms with van der Waals surface area (Å²) in [5.74, 6) is -0.391. The summed E-state index contributed by atoms with van der Waals surface area (Å²) in [6.45, 7) is 2.21. The highest BCUT2D eigenvalue weighted by atomic mass is 32.2. The van der Waals surface area contributed by atoms with E-state index >= 15 is 0 Å². The molecule has 0 unspecified atom stereocenters. The summed E-state index contributed by atoms with van der Waals surface area (Å²) in [6.07, 6.45) is 0. The van der Waals surface area contributed by atoms with Gasteiger partial charge in [0, 0.05) is 24.4 Å². The summed E-state index contributed by atoms with van der Waals surface area (Å²) < 4.78 is 39.3. The number of hydrogen-bond acceptors (Lipinski definition) is 6. The SMILES string of the molecule is COC(=O)c1cc2c(c3c4cc(C)ccc4n(S(=O)(=O)c4ccc(OC)cc4)c13)C(=O)N(C)C2. The zero-order valence-corrected chi connectivity index (χ0v) is 19.9. The number of methoxy groups -OCH3 is 2. The van der Waals surface area contributed by atoms with Crippen LogP contribution < -0.4 is 4.74 Å². The summed E-state index contributed by atoms with van der Waals surface area (Å²) >= 11 is 0. The lowest BCUT2D eigenvalue weighted by atomic mass is 9.98. The minimum Gasteiger partial charge on any atom is -0.497 e. The van der Waals surface area contributed by atoms with E-state index in [1.165, 1.54) is 26.4 Å². The topological polar surface area (TPSA) is 94.9 Å². The molecular formula is C25H22N2O6S. The fraction of sp³-hybridized carbons (Fsp3) is 0.200. The van der Waals surface area contributed by atoms with Crippen LogP contribution in [0.3, 0.4) is 0 Å². The van der Waals surface area contributed by atoms with E-state index in [1.54, 1.807) is 42.3 Å². The number of ether oxygens (including phenoxy) is 2. The van der Waals surface area contributed by atoms with Crippen molar-refractivity contribution in [3.8, 4) is 5.75 Å². The van der Waals surface area contributed by atoms with E-state index in [4.69, 9.17) is 9.47 Å². The van der Waals surface area contributed by atoms with Crippen LogP contribution in [0.2, 0.25) is 0 Å². The maximum Gasteiger partial charge on any atom is 0.340 e. The Morgan fingerprint density at radius 2 is 1.74 bits per heavy atom. The number of nitrogens with zero attached hydrogens (tertiary/aromatic N) is 2. The third-order valence-corrected chi connectivity index (χ3v) is 7.92. The van der Waals surface area contributed by atoms with Crippen molar-refractivity contribution < 1.29 is 27.5 Å². The second kappa shape index (κ2) is 7.59. The van der Waals surface area contributed by atoms with E-state index in [9.17, 15) is 18.0 Å². The summed E-state index contributed by atoms with van der Waals surface area (Å²) in [5, 5.41) is 1.01. The Kier molecular flexibility index (Phi) is 4.91. The molecule has 1 aromatic heterocycles. The molecular weight excluding hydrogens is 456 g/mol. The highest BCUT2D eigenvalue weighted by Gasteiger charge is 2.35. The van der Waals surface area contributed by atoms with Crippen molar-refractivity contribution in [2.24, 2.45) is 0 Å². The summed E-state index contributed by atoms with van der Waals surface area (Å²) in [6, 6.07) is 12.9. The summed E-state index contributed by atoms with van der Waals surface area (Å²) in [5.41, 5.74) is 2.55. The minimum atomic E-state index is -4.17. The van der Waals surface area contributed by atoms with E-state index in [-0.39, 0.29) is 21.9 Å². The van der Waals surface area contributed by atoms with Crippen LogP contribution in [-0.2, 0) is 21.3 Å². The minimum absolute atomic E-state index is 0.0208. The molecule has 4 aromatic rings. The third-order valence-electron chi connectivity index (χ3n) is 6.20. The van der Waals surface area contributed by atoms with Crippen LogP contribution in [0.1, 0.15) is 31.8 Å². The Morgan fingerprint density at radius 1 is 1.03 bits per heavy atom. The van der Waals surface area contributed by atoms with Gasteiger partial charge in [0.25, 0.3) is 15.9 Å². The first kappa shape index (κ1) is 22.0. The number of carbonyl (C=O) groups is 2. The molecule has 0 fully saturated rings. The van der Waals surface area contributed by atoms with Crippen molar-refractivity contribution in [2.75, 3.05) is 21.3 Å². The molecule has 3 aromatic carbocycles. The number of hydrogen-bond donors (Lipinski definition) is 0. The number of esters is 1. The van der Waals surface area contributed by atoms with E-state index in [1.807, 2.05) is 13.0 Å². The van der Waals surface area contributed by atoms with Crippen LogP contribution in [0.15, 0.2) is 53.4 Å². The molecule has 5 rings (SSSR count). The predicted molar refractivity (Wildman–Crippen MR) is 127 cm³/mol. The molecule has 1 amide bonds. The van der Waals surface area contributed by atoms with Crippen LogP contribution in [0, 0.1) is 6.92 Å². The van der Waals surface area contributed by atoms with Crippen molar-refractivity contribution in [3.63, 3.8) is 0 Å². The Morgan fingerprint density at radius 3 is 2.38 bits per heavy atom. The quantitative estimate of drug-likeness (QED) is 0.415. The normalized spacial score (nSPS) is 13.5. The van der Waals surface area contributed by atoms with Gasteiger partial charge in [-0.05, 0) is 55.0 Å². The number of benzene rings is 3. The average molecular weight is 479 g/mol. The fourth-order valence-corrected chi connectivity index (χ4v) is 6.14. The van der Waals surface area contributed by atoms with Gasteiger partial charge in [-0.25, -0.2) is 17.2 Å². The lowest BCUT2D eigenvalue weighted by Crippen LogP contribution is -2.17. The number of aryl methyl sites for hydroxylation is 1. The molecule has 0 bridgehead atoms. The van der Waals surface area contributed by atoms with Gasteiger partial charge < -0.3 is 14.4 Å². The number of amides is 1. The molecule has 1 aliphatic heterocycles. The van der Waals surface area contributed by atoms with E-state index < -0.39 is 16.0 Å². The second-order valence-electron chi connectivity index (χ2n) is 8.30. The van der Waals surface area contributed by atoms with E-state index in [2.05, 4.69) is 0 Å². The largest absolute Gasteiger partial charge is 0.497 e. The van der Waals surface area contributed by atoms with Crippen LogP contribution in [0.5, 0.6) is 5.75 Å². The molecule has 0 saturated carbocycles. The van der Waals surface area contributed by atoms with Gasteiger partial charge in [0.2, 0.25) is 0 Å².